The first kappa shape index (κ1) is 15.6. The summed E-state index contributed by atoms with van der Waals surface area (Å²) in [6.07, 6.45) is 0. The minimum absolute atomic E-state index is 0.0535. The normalized spacial score (nSPS) is 10.8. The molecule has 0 aliphatic rings. The number of guanidine groups is 1. The third-order valence-electron chi connectivity index (χ3n) is 2.71. The quantitative estimate of drug-likeness (QED) is 0.568. The molecular formula is C14H16N4O3S. The molecule has 116 valence electrons. The second-order valence-electron chi connectivity index (χ2n) is 4.37. The monoisotopic (exact) mass is 320 g/mol. The Balaban J connectivity index is 2.32. The van der Waals surface area contributed by atoms with Gasteiger partial charge in [-0.25, -0.2) is 13.4 Å². The molecule has 0 saturated carbocycles. The van der Waals surface area contributed by atoms with Crippen LogP contribution in [0.25, 0.3) is 0 Å². The Kier molecular flexibility index (Phi) is 4.52. The minimum Gasteiger partial charge on any atom is -0.497 e. The summed E-state index contributed by atoms with van der Waals surface area (Å²) >= 11 is 0. The number of hydrogen-bond acceptors (Lipinski definition) is 4. The highest BCUT2D eigenvalue weighted by atomic mass is 32.2. The number of nitrogens with two attached hydrogens (primary N) is 2. The van der Waals surface area contributed by atoms with E-state index in [1.807, 2.05) is 0 Å². The van der Waals surface area contributed by atoms with Crippen molar-refractivity contribution in [1.29, 1.82) is 0 Å². The number of methoxy groups -OCH3 is 1. The van der Waals surface area contributed by atoms with Crippen LogP contribution in [0.15, 0.2) is 58.4 Å². The van der Waals surface area contributed by atoms with Crippen molar-refractivity contribution in [2.24, 2.45) is 16.5 Å². The van der Waals surface area contributed by atoms with Crippen molar-refractivity contribution in [2.45, 2.75) is 4.90 Å². The van der Waals surface area contributed by atoms with E-state index >= 15 is 0 Å². The standard InChI is InChI=1S/C14H16N4O3S/c1-21-12-6-2-5-11(8-12)18-22(19,20)13-7-3-4-10(9-13)17-14(15)16/h2-9,18H,1H3,(H4,15,16,17). The van der Waals surface area contributed by atoms with E-state index in [0.717, 1.165) is 0 Å². The molecule has 0 unspecified atom stereocenters. The van der Waals surface area contributed by atoms with Gasteiger partial charge in [-0.15, -0.1) is 0 Å². The summed E-state index contributed by atoms with van der Waals surface area (Å²) < 4.78 is 32.3. The number of ether oxygens (including phenoxy) is 1. The molecule has 0 aromatic heterocycles. The summed E-state index contributed by atoms with van der Waals surface area (Å²) in [4.78, 5) is 3.88. The maximum Gasteiger partial charge on any atom is 0.261 e. The predicted molar refractivity (Wildman–Crippen MR) is 85.7 cm³/mol. The maximum absolute atomic E-state index is 12.4. The molecule has 0 aliphatic heterocycles. The lowest BCUT2D eigenvalue weighted by Crippen LogP contribution is -2.22. The summed E-state index contributed by atoms with van der Waals surface area (Å²) in [7, 11) is -2.25. The summed E-state index contributed by atoms with van der Waals surface area (Å²) in [6.45, 7) is 0. The zero-order chi connectivity index (χ0) is 16.2. The van der Waals surface area contributed by atoms with Crippen LogP contribution in [0.5, 0.6) is 5.75 Å². The maximum atomic E-state index is 12.4. The molecule has 0 bridgehead atoms. The lowest BCUT2D eigenvalue weighted by Gasteiger charge is -2.09. The summed E-state index contributed by atoms with van der Waals surface area (Å²) in [5, 5.41) is 0. The summed E-state index contributed by atoms with van der Waals surface area (Å²) in [6, 6.07) is 12.6. The lowest BCUT2D eigenvalue weighted by atomic mass is 10.3. The van der Waals surface area contributed by atoms with Crippen LogP contribution < -0.4 is 20.9 Å². The van der Waals surface area contributed by atoms with Gasteiger partial charge in [-0.1, -0.05) is 12.1 Å². The molecule has 0 atom stereocenters. The SMILES string of the molecule is COc1cccc(NS(=O)(=O)c2cccc(N=C(N)N)c2)c1. The molecule has 0 spiro atoms. The first-order valence-electron chi connectivity index (χ1n) is 6.27. The molecule has 0 fully saturated rings. The second-order valence-corrected chi connectivity index (χ2v) is 6.05. The first-order valence-corrected chi connectivity index (χ1v) is 7.75. The van der Waals surface area contributed by atoms with Crippen LogP contribution in [0, 0.1) is 0 Å². The second kappa shape index (κ2) is 6.35. The van der Waals surface area contributed by atoms with Crippen molar-refractivity contribution in [1.82, 2.24) is 0 Å². The summed E-state index contributed by atoms with van der Waals surface area (Å²) in [5.74, 6) is 0.407. The van der Waals surface area contributed by atoms with Gasteiger partial charge >= 0.3 is 0 Å². The predicted octanol–water partition coefficient (Wildman–Crippen LogP) is 1.40. The molecule has 0 saturated heterocycles. The minimum atomic E-state index is -3.75. The van der Waals surface area contributed by atoms with Gasteiger partial charge in [-0.3, -0.25) is 4.72 Å². The first-order chi connectivity index (χ1) is 10.4. The Bertz CT molecular complexity index is 799. The largest absolute Gasteiger partial charge is 0.497 e. The van der Waals surface area contributed by atoms with Crippen LogP contribution in [0.3, 0.4) is 0 Å². The van der Waals surface area contributed by atoms with Crippen molar-refractivity contribution >= 4 is 27.4 Å². The van der Waals surface area contributed by atoms with Gasteiger partial charge < -0.3 is 16.2 Å². The van der Waals surface area contributed by atoms with Gasteiger partial charge in [0.05, 0.1) is 23.4 Å². The Morgan fingerprint density at radius 2 is 1.86 bits per heavy atom. The number of anilines is 1. The van der Waals surface area contributed by atoms with Crippen LogP contribution in [-0.2, 0) is 10.0 Å². The Morgan fingerprint density at radius 1 is 1.14 bits per heavy atom. The van der Waals surface area contributed by atoms with E-state index in [-0.39, 0.29) is 10.9 Å². The molecule has 0 aliphatic carbocycles. The number of nitrogens with one attached hydrogen (secondary N) is 1. The average Bonchev–Trinajstić information content (AvgIpc) is 2.46. The third-order valence-corrected chi connectivity index (χ3v) is 4.09. The molecule has 2 rings (SSSR count). The summed E-state index contributed by atoms with van der Waals surface area (Å²) in [5.41, 5.74) is 11.3. The third kappa shape index (κ3) is 3.89. The average molecular weight is 320 g/mol. The number of sulfonamides is 1. The van der Waals surface area contributed by atoms with Crippen molar-refractivity contribution in [2.75, 3.05) is 11.8 Å². The van der Waals surface area contributed by atoms with Crippen molar-refractivity contribution in [3.05, 3.63) is 48.5 Å². The van der Waals surface area contributed by atoms with Gasteiger partial charge in [0.25, 0.3) is 10.0 Å². The molecule has 0 amide bonds. The van der Waals surface area contributed by atoms with Gasteiger partial charge in [0.15, 0.2) is 5.96 Å². The van der Waals surface area contributed by atoms with E-state index in [2.05, 4.69) is 9.71 Å². The Morgan fingerprint density at radius 3 is 2.55 bits per heavy atom. The molecule has 2 aromatic rings. The van der Waals surface area contributed by atoms with Crippen molar-refractivity contribution in [3.63, 3.8) is 0 Å². The van der Waals surface area contributed by atoms with E-state index in [1.165, 1.54) is 19.2 Å². The van der Waals surface area contributed by atoms with E-state index in [0.29, 0.717) is 17.1 Å². The fourth-order valence-corrected chi connectivity index (χ4v) is 2.86. The number of aliphatic imine (C=N–C) groups is 1. The number of hydrogen-bond donors (Lipinski definition) is 3. The van der Waals surface area contributed by atoms with E-state index in [9.17, 15) is 8.42 Å². The smallest absolute Gasteiger partial charge is 0.261 e. The topological polar surface area (TPSA) is 120 Å². The highest BCUT2D eigenvalue weighted by molar-refractivity contribution is 7.92. The fourth-order valence-electron chi connectivity index (χ4n) is 1.77. The molecule has 8 heteroatoms. The van der Waals surface area contributed by atoms with Crippen LogP contribution in [-0.4, -0.2) is 21.5 Å². The van der Waals surface area contributed by atoms with Gasteiger partial charge in [-0.2, -0.15) is 0 Å². The van der Waals surface area contributed by atoms with E-state index < -0.39 is 10.0 Å². The van der Waals surface area contributed by atoms with E-state index in [1.54, 1.807) is 36.4 Å². The highest BCUT2D eigenvalue weighted by Crippen LogP contribution is 2.23. The highest BCUT2D eigenvalue weighted by Gasteiger charge is 2.15. The van der Waals surface area contributed by atoms with Crippen molar-refractivity contribution in [3.8, 4) is 5.75 Å². The van der Waals surface area contributed by atoms with Gasteiger partial charge in [0, 0.05) is 6.07 Å². The molecule has 22 heavy (non-hydrogen) atoms. The molecule has 7 nitrogen and oxygen atoms in total. The number of nitrogens with zero attached hydrogens (tertiary/aromatic N) is 1. The van der Waals surface area contributed by atoms with Crippen LogP contribution in [0.2, 0.25) is 0 Å². The Labute approximate surface area is 128 Å². The van der Waals surface area contributed by atoms with Gasteiger partial charge in [0.1, 0.15) is 5.75 Å². The van der Waals surface area contributed by atoms with Crippen LogP contribution >= 0.6 is 0 Å². The molecule has 5 N–H and O–H groups in total. The molecular weight excluding hydrogens is 304 g/mol. The number of rotatable bonds is 5. The van der Waals surface area contributed by atoms with E-state index in [4.69, 9.17) is 16.2 Å². The van der Waals surface area contributed by atoms with Crippen molar-refractivity contribution < 1.29 is 13.2 Å². The fraction of sp³-hybridized carbons (Fsp3) is 0.0714. The Hall–Kier alpha value is -2.74. The zero-order valence-electron chi connectivity index (χ0n) is 11.9. The number of benzene rings is 2. The van der Waals surface area contributed by atoms with Gasteiger partial charge in [0.2, 0.25) is 0 Å². The van der Waals surface area contributed by atoms with Gasteiger partial charge in [-0.05, 0) is 30.3 Å². The zero-order valence-corrected chi connectivity index (χ0v) is 12.7. The molecule has 0 heterocycles. The molecule has 2 aromatic carbocycles. The molecule has 0 radical (unpaired) electrons. The van der Waals surface area contributed by atoms with Crippen LogP contribution in [0.4, 0.5) is 11.4 Å². The lowest BCUT2D eigenvalue weighted by molar-refractivity contribution is 0.415. The van der Waals surface area contributed by atoms with Crippen LogP contribution in [0.1, 0.15) is 0 Å².